The molecule has 0 saturated carbocycles. The monoisotopic (exact) mass is 323 g/mol. The quantitative estimate of drug-likeness (QED) is 0.942. The fraction of sp³-hybridized carbons (Fsp3) is 0.450. The van der Waals surface area contributed by atoms with Crippen molar-refractivity contribution >= 4 is 0 Å². The number of hydrogen-bond acceptors (Lipinski definition) is 4. The van der Waals surface area contributed by atoms with E-state index >= 15 is 0 Å². The van der Waals surface area contributed by atoms with Crippen LogP contribution < -0.4 is 10.1 Å². The van der Waals surface area contributed by atoms with Gasteiger partial charge in [-0.15, -0.1) is 0 Å². The van der Waals surface area contributed by atoms with Crippen LogP contribution in [0.5, 0.6) is 5.75 Å². The van der Waals surface area contributed by atoms with E-state index in [0.29, 0.717) is 6.04 Å². The van der Waals surface area contributed by atoms with Crippen molar-refractivity contribution in [2.75, 3.05) is 19.6 Å². The number of aromatic nitrogens is 1. The Morgan fingerprint density at radius 2 is 2.25 bits per heavy atom. The van der Waals surface area contributed by atoms with Crippen molar-refractivity contribution in [2.45, 2.75) is 38.5 Å². The second-order valence-electron chi connectivity index (χ2n) is 7.46. The summed E-state index contributed by atoms with van der Waals surface area (Å²) < 4.78 is 6.00. The van der Waals surface area contributed by atoms with Gasteiger partial charge in [0.25, 0.3) is 0 Å². The van der Waals surface area contributed by atoms with E-state index in [9.17, 15) is 0 Å². The molecular weight excluding hydrogens is 298 g/mol. The first-order valence-corrected chi connectivity index (χ1v) is 8.76. The summed E-state index contributed by atoms with van der Waals surface area (Å²) in [5.74, 6) is 1.05. The Kier molecular flexibility index (Phi) is 4.02. The van der Waals surface area contributed by atoms with E-state index in [2.05, 4.69) is 53.3 Å². The summed E-state index contributed by atoms with van der Waals surface area (Å²) >= 11 is 0. The van der Waals surface area contributed by atoms with E-state index < -0.39 is 0 Å². The van der Waals surface area contributed by atoms with E-state index in [1.807, 2.05) is 18.5 Å². The summed E-state index contributed by atoms with van der Waals surface area (Å²) in [4.78, 5) is 6.85. The van der Waals surface area contributed by atoms with Crippen LogP contribution in [-0.4, -0.2) is 35.1 Å². The average Bonchev–Trinajstić information content (AvgIpc) is 2.89. The molecular formula is C20H25N3O. The summed E-state index contributed by atoms with van der Waals surface area (Å²) in [5, 5.41) is 3.51. The number of fused-ring (bicyclic) bond motifs is 1. The van der Waals surface area contributed by atoms with Gasteiger partial charge >= 0.3 is 0 Å². The van der Waals surface area contributed by atoms with Crippen LogP contribution in [0.3, 0.4) is 0 Å². The Morgan fingerprint density at radius 1 is 1.33 bits per heavy atom. The smallest absolute Gasteiger partial charge is 0.123 e. The average molecular weight is 323 g/mol. The van der Waals surface area contributed by atoms with Gasteiger partial charge in [0.2, 0.25) is 0 Å². The molecule has 0 radical (unpaired) electrons. The van der Waals surface area contributed by atoms with Crippen molar-refractivity contribution < 1.29 is 4.74 Å². The van der Waals surface area contributed by atoms with Crippen molar-refractivity contribution in [3.63, 3.8) is 0 Å². The molecule has 1 saturated heterocycles. The number of pyridine rings is 1. The molecule has 0 spiro atoms. The van der Waals surface area contributed by atoms with Crippen LogP contribution in [-0.2, 0) is 13.0 Å². The third-order valence-corrected chi connectivity index (χ3v) is 4.94. The first kappa shape index (κ1) is 15.6. The molecule has 24 heavy (non-hydrogen) atoms. The number of nitrogens with one attached hydrogen (secondary N) is 1. The molecule has 126 valence electrons. The highest BCUT2D eigenvalue weighted by Gasteiger charge is 2.30. The summed E-state index contributed by atoms with van der Waals surface area (Å²) in [6.07, 6.45) is 4.82. The Morgan fingerprint density at radius 3 is 3.08 bits per heavy atom. The van der Waals surface area contributed by atoms with Gasteiger partial charge < -0.3 is 10.1 Å². The van der Waals surface area contributed by atoms with E-state index in [4.69, 9.17) is 4.74 Å². The summed E-state index contributed by atoms with van der Waals surface area (Å²) in [5.41, 5.74) is 3.92. The minimum atomic E-state index is -0.0752. The first-order chi connectivity index (χ1) is 11.6. The van der Waals surface area contributed by atoms with Gasteiger partial charge in [0.15, 0.2) is 0 Å². The second-order valence-corrected chi connectivity index (χ2v) is 7.46. The molecule has 1 N–H and O–H groups in total. The van der Waals surface area contributed by atoms with Gasteiger partial charge in [-0.25, -0.2) is 0 Å². The van der Waals surface area contributed by atoms with Crippen molar-refractivity contribution in [1.82, 2.24) is 15.2 Å². The molecule has 1 aromatic heterocycles. The van der Waals surface area contributed by atoms with Crippen molar-refractivity contribution in [2.24, 2.45) is 0 Å². The number of rotatable bonds is 3. The lowest BCUT2D eigenvalue weighted by Crippen LogP contribution is -2.45. The fourth-order valence-electron chi connectivity index (χ4n) is 3.83. The number of piperazine rings is 1. The van der Waals surface area contributed by atoms with Crippen molar-refractivity contribution in [3.05, 3.63) is 59.4 Å². The van der Waals surface area contributed by atoms with Crippen molar-refractivity contribution in [3.8, 4) is 5.75 Å². The summed E-state index contributed by atoms with van der Waals surface area (Å²) in [6.45, 7) is 8.35. The van der Waals surface area contributed by atoms with Crippen LogP contribution in [0.1, 0.15) is 36.6 Å². The van der Waals surface area contributed by atoms with Crippen LogP contribution in [0.15, 0.2) is 42.7 Å². The minimum Gasteiger partial charge on any atom is -0.487 e. The summed E-state index contributed by atoms with van der Waals surface area (Å²) in [7, 11) is 0. The Bertz CT molecular complexity index is 714. The molecule has 0 aliphatic carbocycles. The zero-order valence-corrected chi connectivity index (χ0v) is 14.5. The van der Waals surface area contributed by atoms with Crippen LogP contribution in [0.25, 0.3) is 0 Å². The SMILES string of the molecule is CC1(C)Cc2cc(CN3CCNCC3c3cccnc3)ccc2O1. The van der Waals surface area contributed by atoms with E-state index in [0.717, 1.165) is 38.3 Å². The zero-order valence-electron chi connectivity index (χ0n) is 14.5. The Hall–Kier alpha value is -1.91. The van der Waals surface area contributed by atoms with Gasteiger partial charge in [-0.3, -0.25) is 9.88 Å². The van der Waals surface area contributed by atoms with Gasteiger partial charge in [-0.05, 0) is 42.7 Å². The number of benzene rings is 1. The third-order valence-electron chi connectivity index (χ3n) is 4.94. The molecule has 2 aliphatic rings. The molecule has 2 aliphatic heterocycles. The molecule has 0 bridgehead atoms. The standard InChI is InChI=1S/C20H25N3O/c1-20(2)11-17-10-15(5-6-19(17)24-20)14-23-9-8-22-13-18(23)16-4-3-7-21-12-16/h3-7,10,12,18,22H,8-9,11,13-14H2,1-2H3. The molecule has 1 aromatic carbocycles. The number of hydrogen-bond donors (Lipinski definition) is 1. The lowest BCUT2D eigenvalue weighted by atomic mass is 9.99. The van der Waals surface area contributed by atoms with E-state index in [1.54, 1.807) is 0 Å². The van der Waals surface area contributed by atoms with Gasteiger partial charge in [0.1, 0.15) is 11.4 Å². The Balaban J connectivity index is 1.54. The topological polar surface area (TPSA) is 37.4 Å². The molecule has 0 amide bonds. The maximum Gasteiger partial charge on any atom is 0.123 e. The lowest BCUT2D eigenvalue weighted by molar-refractivity contribution is 0.138. The highest BCUT2D eigenvalue weighted by atomic mass is 16.5. The van der Waals surface area contributed by atoms with Gasteiger partial charge in [0.05, 0.1) is 0 Å². The number of nitrogens with zero attached hydrogens (tertiary/aromatic N) is 2. The predicted molar refractivity (Wildman–Crippen MR) is 95.1 cm³/mol. The highest BCUT2D eigenvalue weighted by Crippen LogP contribution is 2.35. The summed E-state index contributed by atoms with van der Waals surface area (Å²) in [6, 6.07) is 11.3. The van der Waals surface area contributed by atoms with Crippen LogP contribution in [0.2, 0.25) is 0 Å². The normalized spacial score (nSPS) is 22.8. The fourth-order valence-corrected chi connectivity index (χ4v) is 3.83. The molecule has 4 heteroatoms. The Labute approximate surface area is 143 Å². The molecule has 1 atom stereocenters. The molecule has 3 heterocycles. The molecule has 1 unspecified atom stereocenters. The molecule has 4 nitrogen and oxygen atoms in total. The van der Waals surface area contributed by atoms with E-state index in [1.165, 1.54) is 16.7 Å². The van der Waals surface area contributed by atoms with Crippen LogP contribution in [0, 0.1) is 0 Å². The minimum absolute atomic E-state index is 0.0752. The second kappa shape index (κ2) is 6.19. The first-order valence-electron chi connectivity index (χ1n) is 8.76. The third kappa shape index (κ3) is 3.17. The van der Waals surface area contributed by atoms with Crippen molar-refractivity contribution in [1.29, 1.82) is 0 Å². The number of ether oxygens (including phenoxy) is 1. The molecule has 4 rings (SSSR count). The molecule has 1 fully saturated rings. The van der Waals surface area contributed by atoms with Crippen LogP contribution in [0.4, 0.5) is 0 Å². The lowest BCUT2D eigenvalue weighted by Gasteiger charge is -2.36. The predicted octanol–water partition coefficient (Wildman–Crippen LogP) is 2.94. The zero-order chi connectivity index (χ0) is 16.6. The van der Waals surface area contributed by atoms with Gasteiger partial charge in [-0.1, -0.05) is 18.2 Å². The highest BCUT2D eigenvalue weighted by molar-refractivity contribution is 5.41. The van der Waals surface area contributed by atoms with Crippen LogP contribution >= 0.6 is 0 Å². The van der Waals surface area contributed by atoms with Gasteiger partial charge in [0, 0.05) is 51.0 Å². The maximum absolute atomic E-state index is 6.00. The van der Waals surface area contributed by atoms with Gasteiger partial charge in [-0.2, -0.15) is 0 Å². The van der Waals surface area contributed by atoms with E-state index in [-0.39, 0.29) is 5.60 Å². The maximum atomic E-state index is 6.00. The largest absolute Gasteiger partial charge is 0.487 e. The molecule has 2 aromatic rings.